The summed E-state index contributed by atoms with van der Waals surface area (Å²) in [5, 5.41) is 0. The number of rotatable bonds is 1. The molecule has 2 nitrogen and oxygen atoms in total. The zero-order valence-electron chi connectivity index (χ0n) is 5.34. The molecule has 0 aliphatic carbocycles. The largest absolute Gasteiger partial charge is 0.381 e. The average Bonchev–Trinajstić information content (AvgIpc) is 2.37. The van der Waals surface area contributed by atoms with Gasteiger partial charge < -0.3 is 10.5 Å². The lowest BCUT2D eigenvalue weighted by atomic mass is 10.0. The molecule has 0 aromatic rings. The van der Waals surface area contributed by atoms with E-state index in [2.05, 4.69) is 5.92 Å². The van der Waals surface area contributed by atoms with Crippen molar-refractivity contribution in [2.75, 3.05) is 13.2 Å². The van der Waals surface area contributed by atoms with Gasteiger partial charge in [-0.15, -0.1) is 6.42 Å². The van der Waals surface area contributed by atoms with Crippen molar-refractivity contribution in [2.24, 2.45) is 11.7 Å². The van der Waals surface area contributed by atoms with Crippen molar-refractivity contribution in [3.05, 3.63) is 0 Å². The van der Waals surface area contributed by atoms with Crippen molar-refractivity contribution in [3.63, 3.8) is 0 Å². The first kappa shape index (κ1) is 6.60. The Morgan fingerprint density at radius 1 is 1.78 bits per heavy atom. The van der Waals surface area contributed by atoms with Crippen molar-refractivity contribution in [2.45, 2.75) is 12.5 Å². The van der Waals surface area contributed by atoms with Gasteiger partial charge in [-0.3, -0.25) is 0 Å². The van der Waals surface area contributed by atoms with Gasteiger partial charge in [0.25, 0.3) is 0 Å². The fraction of sp³-hybridized carbons (Fsp3) is 0.714. The Labute approximate surface area is 55.4 Å². The minimum Gasteiger partial charge on any atom is -0.381 e. The first-order chi connectivity index (χ1) is 4.34. The molecule has 50 valence electrons. The number of hydrogen-bond donors (Lipinski definition) is 1. The van der Waals surface area contributed by atoms with E-state index >= 15 is 0 Å². The minimum atomic E-state index is -0.104. The van der Waals surface area contributed by atoms with Crippen molar-refractivity contribution in [1.29, 1.82) is 0 Å². The van der Waals surface area contributed by atoms with Gasteiger partial charge >= 0.3 is 0 Å². The lowest BCUT2D eigenvalue weighted by molar-refractivity contribution is 0.184. The molecule has 0 amide bonds. The highest BCUT2D eigenvalue weighted by Crippen LogP contribution is 2.14. The molecule has 1 aliphatic rings. The minimum absolute atomic E-state index is 0.104. The second kappa shape index (κ2) is 2.86. The summed E-state index contributed by atoms with van der Waals surface area (Å²) in [4.78, 5) is 0. The standard InChI is InChI=1S/C7H11NO/c1-2-7(8)6-3-4-9-5-6/h1,6-7H,3-5,8H2. The van der Waals surface area contributed by atoms with Crippen molar-refractivity contribution < 1.29 is 4.74 Å². The molecule has 9 heavy (non-hydrogen) atoms. The molecule has 2 heteroatoms. The van der Waals surface area contributed by atoms with Crippen LogP contribution in [0.25, 0.3) is 0 Å². The van der Waals surface area contributed by atoms with Crippen molar-refractivity contribution >= 4 is 0 Å². The summed E-state index contributed by atoms with van der Waals surface area (Å²) in [5.41, 5.74) is 5.56. The number of hydrogen-bond acceptors (Lipinski definition) is 2. The summed E-state index contributed by atoms with van der Waals surface area (Å²) in [6.45, 7) is 1.56. The second-order valence-corrected chi connectivity index (χ2v) is 2.32. The zero-order valence-corrected chi connectivity index (χ0v) is 5.34. The molecule has 0 aromatic carbocycles. The summed E-state index contributed by atoms with van der Waals surface area (Å²) < 4.78 is 5.10. The van der Waals surface area contributed by atoms with E-state index in [1.54, 1.807) is 0 Å². The summed E-state index contributed by atoms with van der Waals surface area (Å²) in [6.07, 6.45) is 6.14. The Hall–Kier alpha value is -0.520. The van der Waals surface area contributed by atoms with Crippen LogP contribution in [0.2, 0.25) is 0 Å². The van der Waals surface area contributed by atoms with E-state index in [1.807, 2.05) is 0 Å². The van der Waals surface area contributed by atoms with Crippen LogP contribution in [-0.2, 0) is 4.74 Å². The van der Waals surface area contributed by atoms with Crippen LogP contribution >= 0.6 is 0 Å². The van der Waals surface area contributed by atoms with E-state index in [4.69, 9.17) is 16.9 Å². The number of ether oxygens (including phenoxy) is 1. The topological polar surface area (TPSA) is 35.2 Å². The van der Waals surface area contributed by atoms with Gasteiger partial charge in [0.15, 0.2) is 0 Å². The Kier molecular flexibility index (Phi) is 2.10. The molecular weight excluding hydrogens is 114 g/mol. The van der Waals surface area contributed by atoms with Crippen LogP contribution in [0.3, 0.4) is 0 Å². The van der Waals surface area contributed by atoms with Crippen LogP contribution in [-0.4, -0.2) is 19.3 Å². The molecule has 1 heterocycles. The summed E-state index contributed by atoms with van der Waals surface area (Å²) in [5.74, 6) is 2.90. The molecule has 1 aliphatic heterocycles. The van der Waals surface area contributed by atoms with Crippen LogP contribution < -0.4 is 5.73 Å². The van der Waals surface area contributed by atoms with E-state index in [1.165, 1.54) is 0 Å². The molecule has 2 atom stereocenters. The highest BCUT2D eigenvalue weighted by atomic mass is 16.5. The molecule has 1 fully saturated rings. The maximum Gasteiger partial charge on any atom is 0.0713 e. The van der Waals surface area contributed by atoms with E-state index < -0.39 is 0 Å². The van der Waals surface area contributed by atoms with Gasteiger partial charge in [0.1, 0.15) is 0 Å². The molecule has 0 spiro atoms. The predicted octanol–water partition coefficient (Wildman–Crippen LogP) is -0.0166. The monoisotopic (exact) mass is 125 g/mol. The highest BCUT2D eigenvalue weighted by Gasteiger charge is 2.20. The zero-order chi connectivity index (χ0) is 6.69. The maximum absolute atomic E-state index is 5.56. The van der Waals surface area contributed by atoms with Crippen LogP contribution in [0.15, 0.2) is 0 Å². The number of nitrogens with two attached hydrogens (primary N) is 1. The molecule has 0 aromatic heterocycles. The Morgan fingerprint density at radius 2 is 2.56 bits per heavy atom. The Balaban J connectivity index is 2.34. The van der Waals surface area contributed by atoms with Gasteiger partial charge in [0.2, 0.25) is 0 Å². The van der Waals surface area contributed by atoms with Gasteiger partial charge in [0, 0.05) is 12.5 Å². The second-order valence-electron chi connectivity index (χ2n) is 2.32. The highest BCUT2D eigenvalue weighted by molar-refractivity contribution is 5.00. The third-order valence-corrected chi connectivity index (χ3v) is 1.67. The van der Waals surface area contributed by atoms with E-state index in [0.717, 1.165) is 19.6 Å². The van der Waals surface area contributed by atoms with Gasteiger partial charge in [-0.2, -0.15) is 0 Å². The molecule has 1 rings (SSSR count). The van der Waals surface area contributed by atoms with E-state index in [0.29, 0.717) is 5.92 Å². The molecule has 2 N–H and O–H groups in total. The van der Waals surface area contributed by atoms with Crippen LogP contribution in [0, 0.1) is 18.3 Å². The van der Waals surface area contributed by atoms with Crippen LogP contribution in [0.5, 0.6) is 0 Å². The first-order valence-corrected chi connectivity index (χ1v) is 3.14. The quantitative estimate of drug-likeness (QED) is 0.500. The molecule has 1 saturated heterocycles. The molecule has 2 unspecified atom stereocenters. The summed E-state index contributed by atoms with van der Waals surface area (Å²) >= 11 is 0. The Morgan fingerprint density at radius 3 is 3.00 bits per heavy atom. The molecule has 0 bridgehead atoms. The van der Waals surface area contributed by atoms with Crippen LogP contribution in [0.4, 0.5) is 0 Å². The van der Waals surface area contributed by atoms with Gasteiger partial charge in [-0.25, -0.2) is 0 Å². The lowest BCUT2D eigenvalue weighted by Gasteiger charge is -2.09. The number of terminal acetylenes is 1. The smallest absolute Gasteiger partial charge is 0.0713 e. The van der Waals surface area contributed by atoms with Crippen molar-refractivity contribution in [3.8, 4) is 12.3 Å². The van der Waals surface area contributed by atoms with E-state index in [9.17, 15) is 0 Å². The van der Waals surface area contributed by atoms with Crippen molar-refractivity contribution in [1.82, 2.24) is 0 Å². The Bertz CT molecular complexity index is 121. The fourth-order valence-electron chi connectivity index (χ4n) is 0.972. The molecule has 0 saturated carbocycles. The fourth-order valence-corrected chi connectivity index (χ4v) is 0.972. The first-order valence-electron chi connectivity index (χ1n) is 3.14. The molecule has 0 radical (unpaired) electrons. The summed E-state index contributed by atoms with van der Waals surface area (Å²) in [7, 11) is 0. The van der Waals surface area contributed by atoms with Gasteiger partial charge in [0.05, 0.1) is 12.6 Å². The normalized spacial score (nSPS) is 29.6. The predicted molar refractivity (Wildman–Crippen MR) is 35.7 cm³/mol. The van der Waals surface area contributed by atoms with Crippen LogP contribution in [0.1, 0.15) is 6.42 Å². The van der Waals surface area contributed by atoms with Gasteiger partial charge in [-0.1, -0.05) is 5.92 Å². The maximum atomic E-state index is 5.56. The third kappa shape index (κ3) is 1.44. The van der Waals surface area contributed by atoms with E-state index in [-0.39, 0.29) is 6.04 Å². The summed E-state index contributed by atoms with van der Waals surface area (Å²) in [6, 6.07) is -0.104. The third-order valence-electron chi connectivity index (χ3n) is 1.67. The van der Waals surface area contributed by atoms with Gasteiger partial charge in [-0.05, 0) is 6.42 Å². The lowest BCUT2D eigenvalue weighted by Crippen LogP contribution is -2.28. The SMILES string of the molecule is C#CC(N)C1CCOC1. The molecular formula is C7H11NO. The average molecular weight is 125 g/mol.